The van der Waals surface area contributed by atoms with Crippen LogP contribution in [-0.4, -0.2) is 37.1 Å². The molecular weight excluding hydrogens is 220 g/mol. The maximum Gasteiger partial charge on any atom is 0.0123 e. The predicted octanol–water partition coefficient (Wildman–Crippen LogP) is 3.28. The van der Waals surface area contributed by atoms with Crippen LogP contribution in [0.5, 0.6) is 0 Å². The van der Waals surface area contributed by atoms with Gasteiger partial charge >= 0.3 is 0 Å². The van der Waals surface area contributed by atoms with Crippen LogP contribution in [0.4, 0.5) is 0 Å². The molecule has 1 saturated heterocycles. The molecule has 2 aliphatic rings. The molecule has 0 bridgehead atoms. The minimum Gasteiger partial charge on any atom is -0.316 e. The largest absolute Gasteiger partial charge is 0.316 e. The summed E-state index contributed by atoms with van der Waals surface area (Å²) in [6, 6.07) is 0.900. The van der Waals surface area contributed by atoms with Crippen molar-refractivity contribution in [1.82, 2.24) is 10.2 Å². The average Bonchev–Trinajstić information content (AvgIpc) is 2.87. The van der Waals surface area contributed by atoms with Crippen molar-refractivity contribution in [2.45, 2.75) is 64.8 Å². The van der Waals surface area contributed by atoms with Crippen molar-refractivity contribution < 1.29 is 0 Å². The molecule has 1 aliphatic heterocycles. The molecule has 0 aromatic carbocycles. The Morgan fingerprint density at radius 1 is 1.11 bits per heavy atom. The number of hydrogen-bond acceptors (Lipinski definition) is 2. The van der Waals surface area contributed by atoms with E-state index in [0.29, 0.717) is 0 Å². The van der Waals surface area contributed by atoms with Gasteiger partial charge in [0.2, 0.25) is 0 Å². The van der Waals surface area contributed by atoms with Crippen LogP contribution >= 0.6 is 0 Å². The lowest BCUT2D eigenvalue weighted by Crippen LogP contribution is -2.44. The average molecular weight is 252 g/mol. The lowest BCUT2D eigenvalue weighted by Gasteiger charge is -2.36. The molecule has 2 rings (SSSR count). The van der Waals surface area contributed by atoms with Crippen LogP contribution < -0.4 is 5.32 Å². The second-order valence-electron chi connectivity index (χ2n) is 6.37. The van der Waals surface area contributed by atoms with Gasteiger partial charge in [0.05, 0.1) is 0 Å². The van der Waals surface area contributed by atoms with Crippen LogP contribution in [0.15, 0.2) is 0 Å². The maximum atomic E-state index is 3.57. The minimum absolute atomic E-state index is 0.900. The lowest BCUT2D eigenvalue weighted by atomic mass is 9.95. The van der Waals surface area contributed by atoms with Crippen LogP contribution in [0, 0.1) is 11.8 Å². The summed E-state index contributed by atoms with van der Waals surface area (Å²) in [7, 11) is 0. The van der Waals surface area contributed by atoms with E-state index in [1.807, 2.05) is 0 Å². The van der Waals surface area contributed by atoms with Gasteiger partial charge in [0, 0.05) is 12.6 Å². The van der Waals surface area contributed by atoms with Gasteiger partial charge in [-0.25, -0.2) is 0 Å². The highest BCUT2D eigenvalue weighted by atomic mass is 15.2. The molecule has 1 heterocycles. The SMILES string of the molecule is CCCN(CC1CCCNC1)C1CCCC1CC. The van der Waals surface area contributed by atoms with Crippen LogP contribution in [0.3, 0.4) is 0 Å². The zero-order chi connectivity index (χ0) is 12.8. The molecule has 0 aromatic heterocycles. The number of nitrogens with one attached hydrogen (secondary N) is 1. The van der Waals surface area contributed by atoms with Crippen LogP contribution in [0.2, 0.25) is 0 Å². The molecule has 0 amide bonds. The van der Waals surface area contributed by atoms with Crippen molar-refractivity contribution >= 4 is 0 Å². The third kappa shape index (κ3) is 3.71. The van der Waals surface area contributed by atoms with Gasteiger partial charge in [0.25, 0.3) is 0 Å². The van der Waals surface area contributed by atoms with Gasteiger partial charge in [-0.2, -0.15) is 0 Å². The first kappa shape index (κ1) is 14.3. The molecule has 1 aliphatic carbocycles. The zero-order valence-electron chi connectivity index (χ0n) is 12.5. The van der Waals surface area contributed by atoms with Crippen molar-refractivity contribution in [2.75, 3.05) is 26.2 Å². The van der Waals surface area contributed by atoms with Gasteiger partial charge in [-0.15, -0.1) is 0 Å². The van der Waals surface area contributed by atoms with Crippen LogP contribution in [-0.2, 0) is 0 Å². The van der Waals surface area contributed by atoms with Crippen LogP contribution in [0.25, 0.3) is 0 Å². The van der Waals surface area contributed by atoms with Gasteiger partial charge in [-0.1, -0.05) is 26.7 Å². The second kappa shape index (κ2) is 7.49. The fraction of sp³-hybridized carbons (Fsp3) is 1.00. The quantitative estimate of drug-likeness (QED) is 0.780. The van der Waals surface area contributed by atoms with E-state index in [4.69, 9.17) is 0 Å². The van der Waals surface area contributed by atoms with E-state index in [2.05, 4.69) is 24.1 Å². The van der Waals surface area contributed by atoms with E-state index >= 15 is 0 Å². The van der Waals surface area contributed by atoms with Crippen molar-refractivity contribution in [1.29, 1.82) is 0 Å². The van der Waals surface area contributed by atoms with E-state index in [1.165, 1.54) is 71.1 Å². The smallest absolute Gasteiger partial charge is 0.0123 e. The Labute approximate surface area is 114 Å². The molecule has 0 radical (unpaired) electrons. The maximum absolute atomic E-state index is 3.57. The van der Waals surface area contributed by atoms with E-state index in [-0.39, 0.29) is 0 Å². The summed E-state index contributed by atoms with van der Waals surface area (Å²) in [4.78, 5) is 2.85. The molecule has 3 atom stereocenters. The van der Waals surface area contributed by atoms with Crippen LogP contribution in [0.1, 0.15) is 58.8 Å². The summed E-state index contributed by atoms with van der Waals surface area (Å²) in [6.45, 7) is 9.88. The third-order valence-electron chi connectivity index (χ3n) is 5.01. The Morgan fingerprint density at radius 2 is 2.00 bits per heavy atom. The molecule has 2 heteroatoms. The summed E-state index contributed by atoms with van der Waals surface area (Å²) < 4.78 is 0. The fourth-order valence-corrected chi connectivity index (χ4v) is 4.07. The summed E-state index contributed by atoms with van der Waals surface area (Å²) >= 11 is 0. The molecule has 0 aromatic rings. The molecular formula is C16H32N2. The summed E-state index contributed by atoms with van der Waals surface area (Å²) in [5, 5.41) is 3.57. The monoisotopic (exact) mass is 252 g/mol. The molecule has 2 nitrogen and oxygen atoms in total. The number of piperidine rings is 1. The molecule has 1 N–H and O–H groups in total. The second-order valence-corrected chi connectivity index (χ2v) is 6.37. The third-order valence-corrected chi connectivity index (χ3v) is 5.01. The van der Waals surface area contributed by atoms with E-state index in [0.717, 1.165) is 17.9 Å². The van der Waals surface area contributed by atoms with Crippen molar-refractivity contribution in [3.63, 3.8) is 0 Å². The number of hydrogen-bond donors (Lipinski definition) is 1. The van der Waals surface area contributed by atoms with E-state index in [1.54, 1.807) is 0 Å². The number of rotatable bonds is 6. The topological polar surface area (TPSA) is 15.3 Å². The first-order valence-electron chi connectivity index (χ1n) is 8.29. The standard InChI is InChI=1S/C16H32N2/c1-3-11-18(13-14-7-6-10-17-12-14)16-9-5-8-15(16)4-2/h14-17H,3-13H2,1-2H3. The Hall–Kier alpha value is -0.0800. The summed E-state index contributed by atoms with van der Waals surface area (Å²) in [5.74, 6) is 1.89. The Bertz CT molecular complexity index is 223. The molecule has 1 saturated carbocycles. The Morgan fingerprint density at radius 3 is 2.67 bits per heavy atom. The Kier molecular flexibility index (Phi) is 5.97. The number of nitrogens with zero attached hydrogens (tertiary/aromatic N) is 1. The molecule has 3 unspecified atom stereocenters. The predicted molar refractivity (Wildman–Crippen MR) is 78.9 cm³/mol. The highest BCUT2D eigenvalue weighted by molar-refractivity contribution is 4.86. The van der Waals surface area contributed by atoms with Gasteiger partial charge in [-0.05, 0) is 63.6 Å². The van der Waals surface area contributed by atoms with Gasteiger partial charge in [-0.3, -0.25) is 4.90 Å². The fourth-order valence-electron chi connectivity index (χ4n) is 4.07. The summed E-state index contributed by atoms with van der Waals surface area (Å²) in [6.07, 6.45) is 9.92. The lowest BCUT2D eigenvalue weighted by molar-refractivity contribution is 0.124. The zero-order valence-corrected chi connectivity index (χ0v) is 12.5. The van der Waals surface area contributed by atoms with Crippen molar-refractivity contribution in [2.24, 2.45) is 11.8 Å². The first-order valence-corrected chi connectivity index (χ1v) is 8.29. The van der Waals surface area contributed by atoms with Gasteiger partial charge in [0.1, 0.15) is 0 Å². The Balaban J connectivity index is 1.89. The molecule has 2 fully saturated rings. The van der Waals surface area contributed by atoms with Gasteiger partial charge < -0.3 is 5.32 Å². The molecule has 18 heavy (non-hydrogen) atoms. The minimum atomic E-state index is 0.900. The highest BCUT2D eigenvalue weighted by Gasteiger charge is 2.31. The van der Waals surface area contributed by atoms with Crippen molar-refractivity contribution in [3.8, 4) is 0 Å². The first-order chi connectivity index (χ1) is 8.85. The summed E-state index contributed by atoms with van der Waals surface area (Å²) in [5.41, 5.74) is 0. The van der Waals surface area contributed by atoms with E-state index < -0.39 is 0 Å². The van der Waals surface area contributed by atoms with E-state index in [9.17, 15) is 0 Å². The molecule has 106 valence electrons. The normalized spacial score (nSPS) is 33.2. The van der Waals surface area contributed by atoms with Crippen molar-refractivity contribution in [3.05, 3.63) is 0 Å². The highest BCUT2D eigenvalue weighted by Crippen LogP contribution is 2.33. The van der Waals surface area contributed by atoms with Gasteiger partial charge in [0.15, 0.2) is 0 Å². The molecule has 0 spiro atoms.